The van der Waals surface area contributed by atoms with Gasteiger partial charge in [0.1, 0.15) is 5.84 Å². The molecule has 29 heavy (non-hydrogen) atoms. The smallest absolute Gasteiger partial charge is 0.422 e. The second-order valence-corrected chi connectivity index (χ2v) is 7.09. The van der Waals surface area contributed by atoms with Gasteiger partial charge >= 0.3 is 12.2 Å². The molecule has 0 radical (unpaired) electrons. The molecule has 1 heterocycles. The summed E-state index contributed by atoms with van der Waals surface area (Å²) in [5.41, 5.74) is 6.10. The second kappa shape index (κ2) is 9.32. The number of amides is 4. The highest BCUT2D eigenvalue weighted by atomic mass is 79.9. The lowest BCUT2D eigenvalue weighted by molar-refractivity contribution is -0.132. The molecule has 1 aromatic rings. The Hall–Kier alpha value is -3.21. The van der Waals surface area contributed by atoms with E-state index in [4.69, 9.17) is 5.73 Å². The first kappa shape index (κ1) is 22.1. The summed E-state index contributed by atoms with van der Waals surface area (Å²) < 4.78 is 0.689. The van der Waals surface area contributed by atoms with Crippen LogP contribution in [0.1, 0.15) is 25.3 Å². The summed E-state index contributed by atoms with van der Waals surface area (Å²) in [4.78, 5) is 52.8. The number of hydrogen-bond acceptors (Lipinski definition) is 5. The Morgan fingerprint density at radius 1 is 1.21 bits per heavy atom. The first-order valence-corrected chi connectivity index (χ1v) is 9.34. The standard InChI is InChI=1S/C18H19BrN4O6/c1-2-5-22(9-14(20)24)16(25)11-6-10-7-12(19)3-4-13(10)21-15(8-11)23(17(26)27)18(28)29/h3-4,6-7H,2,5,8-9H2,1H3,(H2,20,24)(H,26,27)(H,28,29). The van der Waals surface area contributed by atoms with Crippen LogP contribution in [0.2, 0.25) is 0 Å². The monoisotopic (exact) mass is 466 g/mol. The summed E-state index contributed by atoms with van der Waals surface area (Å²) in [5, 5.41) is 18.6. The molecule has 154 valence electrons. The molecule has 2 rings (SSSR count). The minimum absolute atomic E-state index is 0.0660. The van der Waals surface area contributed by atoms with Crippen molar-refractivity contribution in [2.45, 2.75) is 19.8 Å². The van der Waals surface area contributed by atoms with Crippen molar-refractivity contribution in [3.05, 3.63) is 33.8 Å². The van der Waals surface area contributed by atoms with Crippen LogP contribution in [0.25, 0.3) is 6.08 Å². The fraction of sp³-hybridized carbons (Fsp3) is 0.278. The number of halogens is 1. The largest absolute Gasteiger partial charge is 0.464 e. The average Bonchev–Trinajstić information content (AvgIpc) is 2.78. The van der Waals surface area contributed by atoms with Crippen LogP contribution in [0.15, 0.2) is 33.2 Å². The van der Waals surface area contributed by atoms with Gasteiger partial charge < -0.3 is 20.8 Å². The quantitative estimate of drug-likeness (QED) is 0.605. The van der Waals surface area contributed by atoms with E-state index in [0.29, 0.717) is 22.1 Å². The van der Waals surface area contributed by atoms with E-state index in [2.05, 4.69) is 20.9 Å². The molecule has 0 bridgehead atoms. The number of primary amides is 1. The van der Waals surface area contributed by atoms with Crippen LogP contribution in [0, 0.1) is 0 Å². The molecular weight excluding hydrogens is 448 g/mol. The maximum Gasteiger partial charge on any atom is 0.422 e. The van der Waals surface area contributed by atoms with E-state index in [1.807, 2.05) is 6.92 Å². The third-order valence-electron chi connectivity index (χ3n) is 3.96. The van der Waals surface area contributed by atoms with E-state index in [-0.39, 0.29) is 35.8 Å². The van der Waals surface area contributed by atoms with Crippen LogP contribution in [-0.2, 0) is 9.59 Å². The van der Waals surface area contributed by atoms with Crippen molar-refractivity contribution in [3.8, 4) is 0 Å². The van der Waals surface area contributed by atoms with Crippen LogP contribution in [-0.4, -0.2) is 62.9 Å². The number of amidine groups is 1. The van der Waals surface area contributed by atoms with Crippen LogP contribution >= 0.6 is 15.9 Å². The van der Waals surface area contributed by atoms with Gasteiger partial charge in [-0.1, -0.05) is 22.9 Å². The minimum Gasteiger partial charge on any atom is -0.464 e. The molecule has 0 fully saturated rings. The molecule has 0 saturated heterocycles. The topological polar surface area (TPSA) is 154 Å². The van der Waals surface area contributed by atoms with E-state index in [0.717, 1.165) is 0 Å². The Balaban J connectivity index is 2.58. The van der Waals surface area contributed by atoms with E-state index in [1.165, 1.54) is 11.0 Å². The van der Waals surface area contributed by atoms with Gasteiger partial charge in [-0.3, -0.25) is 9.59 Å². The van der Waals surface area contributed by atoms with Crippen LogP contribution in [0.4, 0.5) is 15.3 Å². The maximum atomic E-state index is 13.0. The highest BCUT2D eigenvalue weighted by Gasteiger charge is 2.31. The van der Waals surface area contributed by atoms with Crippen molar-refractivity contribution < 1.29 is 29.4 Å². The third kappa shape index (κ3) is 5.41. The molecule has 0 atom stereocenters. The van der Waals surface area contributed by atoms with Gasteiger partial charge in [0.05, 0.1) is 12.2 Å². The first-order valence-electron chi connectivity index (χ1n) is 8.55. The summed E-state index contributed by atoms with van der Waals surface area (Å²) in [6, 6.07) is 4.89. The fourth-order valence-electron chi connectivity index (χ4n) is 2.81. The van der Waals surface area contributed by atoms with Crippen LogP contribution in [0.5, 0.6) is 0 Å². The Labute approximate surface area is 174 Å². The van der Waals surface area contributed by atoms with Gasteiger partial charge in [0.15, 0.2) is 0 Å². The van der Waals surface area contributed by atoms with E-state index < -0.39 is 24.0 Å². The molecule has 4 amide bonds. The minimum atomic E-state index is -1.74. The van der Waals surface area contributed by atoms with Gasteiger partial charge in [0.25, 0.3) is 5.91 Å². The molecule has 10 nitrogen and oxygen atoms in total. The Morgan fingerprint density at radius 3 is 2.41 bits per heavy atom. The van der Waals surface area contributed by atoms with Gasteiger partial charge in [-0.2, -0.15) is 4.90 Å². The Morgan fingerprint density at radius 2 is 1.86 bits per heavy atom. The lowest BCUT2D eigenvalue weighted by atomic mass is 10.1. The molecule has 0 spiro atoms. The molecular formula is C18H19BrN4O6. The van der Waals surface area contributed by atoms with Crippen LogP contribution < -0.4 is 5.73 Å². The molecule has 0 aliphatic carbocycles. The molecule has 1 aliphatic rings. The van der Waals surface area contributed by atoms with Crippen molar-refractivity contribution in [1.82, 2.24) is 9.80 Å². The molecule has 0 aromatic heterocycles. The number of benzene rings is 1. The Bertz CT molecular complexity index is 913. The molecule has 1 aromatic carbocycles. The molecule has 0 saturated carbocycles. The summed E-state index contributed by atoms with van der Waals surface area (Å²) in [5.74, 6) is -1.60. The van der Waals surface area contributed by atoms with Crippen molar-refractivity contribution in [2.24, 2.45) is 10.7 Å². The molecule has 0 unspecified atom stereocenters. The normalized spacial score (nSPS) is 12.8. The summed E-state index contributed by atoms with van der Waals surface area (Å²) >= 11 is 3.32. The molecule has 11 heteroatoms. The number of nitrogens with two attached hydrogens (primary N) is 1. The average molecular weight is 467 g/mol. The number of rotatable bonds is 5. The highest BCUT2D eigenvalue weighted by molar-refractivity contribution is 9.10. The van der Waals surface area contributed by atoms with Crippen molar-refractivity contribution >= 4 is 57.5 Å². The number of nitrogens with zero attached hydrogens (tertiary/aromatic N) is 3. The number of imide groups is 1. The van der Waals surface area contributed by atoms with Crippen molar-refractivity contribution in [1.29, 1.82) is 0 Å². The van der Waals surface area contributed by atoms with Gasteiger partial charge in [0.2, 0.25) is 5.91 Å². The van der Waals surface area contributed by atoms with Gasteiger partial charge in [-0.15, -0.1) is 0 Å². The highest BCUT2D eigenvalue weighted by Crippen LogP contribution is 2.31. The lowest BCUT2D eigenvalue weighted by Gasteiger charge is -2.23. The number of aliphatic imine (C=N–C) groups is 1. The maximum absolute atomic E-state index is 13.0. The number of carbonyl (C=O) groups is 4. The fourth-order valence-corrected chi connectivity index (χ4v) is 3.19. The third-order valence-corrected chi connectivity index (χ3v) is 4.45. The zero-order valence-corrected chi connectivity index (χ0v) is 17.0. The number of carboxylic acid groups (broad SMARTS) is 2. The van der Waals surface area contributed by atoms with Crippen molar-refractivity contribution in [3.63, 3.8) is 0 Å². The van der Waals surface area contributed by atoms with Gasteiger partial charge in [-0.25, -0.2) is 14.6 Å². The van der Waals surface area contributed by atoms with Gasteiger partial charge in [-0.05, 0) is 30.7 Å². The predicted octanol–water partition coefficient (Wildman–Crippen LogP) is 2.65. The number of fused-ring (bicyclic) bond motifs is 1. The number of hydrogen-bond donors (Lipinski definition) is 3. The summed E-state index contributed by atoms with van der Waals surface area (Å²) in [6.45, 7) is 1.75. The van der Waals surface area contributed by atoms with Crippen molar-refractivity contribution in [2.75, 3.05) is 13.1 Å². The molecule has 1 aliphatic heterocycles. The first-order chi connectivity index (χ1) is 13.6. The summed E-state index contributed by atoms with van der Waals surface area (Å²) in [7, 11) is 0. The van der Waals surface area contributed by atoms with Crippen LogP contribution in [0.3, 0.4) is 0 Å². The second-order valence-electron chi connectivity index (χ2n) is 6.17. The van der Waals surface area contributed by atoms with E-state index in [9.17, 15) is 29.4 Å². The Kier molecular flexibility index (Phi) is 7.10. The summed E-state index contributed by atoms with van der Waals surface area (Å²) in [6.07, 6.45) is -1.78. The van der Waals surface area contributed by atoms with E-state index in [1.54, 1.807) is 18.2 Å². The van der Waals surface area contributed by atoms with Gasteiger partial charge in [0, 0.05) is 28.6 Å². The predicted molar refractivity (Wildman–Crippen MR) is 108 cm³/mol. The number of carbonyl (C=O) groups excluding carboxylic acids is 2. The van der Waals surface area contributed by atoms with E-state index >= 15 is 0 Å². The lowest BCUT2D eigenvalue weighted by Crippen LogP contribution is -2.42. The molecule has 4 N–H and O–H groups in total. The zero-order valence-electron chi connectivity index (χ0n) is 15.5. The SMILES string of the molecule is CCCN(CC(N)=O)C(=O)C1=Cc2cc(Br)ccc2N=C(N(C(=O)O)C(=O)O)C1. The zero-order chi connectivity index (χ0) is 21.7.